The summed E-state index contributed by atoms with van der Waals surface area (Å²) in [6.45, 7) is 2.40. The van der Waals surface area contributed by atoms with Crippen molar-refractivity contribution in [2.24, 2.45) is 0 Å². The van der Waals surface area contributed by atoms with Crippen LogP contribution >= 0.6 is 0 Å². The fourth-order valence-corrected chi connectivity index (χ4v) is 4.02. The third-order valence-corrected chi connectivity index (χ3v) is 5.72. The van der Waals surface area contributed by atoms with Crippen LogP contribution in [0.25, 0.3) is 0 Å². The van der Waals surface area contributed by atoms with Gasteiger partial charge in [-0.1, -0.05) is 66.7 Å². The molecule has 0 saturated heterocycles. The van der Waals surface area contributed by atoms with E-state index in [1.807, 2.05) is 66.7 Å². The molecule has 0 aliphatic carbocycles. The molecule has 3 aromatic rings. The molecule has 4 rings (SSSR count). The fourth-order valence-electron chi connectivity index (χ4n) is 4.02. The molecule has 0 saturated carbocycles. The average Bonchev–Trinajstić information content (AvgIpc) is 2.87. The van der Waals surface area contributed by atoms with Gasteiger partial charge in [-0.15, -0.1) is 0 Å². The lowest BCUT2D eigenvalue weighted by Crippen LogP contribution is -3.10. The summed E-state index contributed by atoms with van der Waals surface area (Å²) in [4.78, 5) is 26.0. The molecule has 2 N–H and O–H groups in total. The lowest BCUT2D eigenvalue weighted by Gasteiger charge is -2.27. The molecule has 7 heteroatoms. The third kappa shape index (κ3) is 6.36. The van der Waals surface area contributed by atoms with Crippen molar-refractivity contribution < 1.29 is 28.7 Å². The highest BCUT2D eigenvalue weighted by molar-refractivity contribution is 5.81. The Kier molecular flexibility index (Phi) is 7.78. The second kappa shape index (κ2) is 11.3. The molecule has 0 spiro atoms. The maximum absolute atomic E-state index is 12.3. The summed E-state index contributed by atoms with van der Waals surface area (Å²) >= 11 is 0. The predicted molar refractivity (Wildman–Crippen MR) is 126 cm³/mol. The van der Waals surface area contributed by atoms with Crippen LogP contribution in [0.15, 0.2) is 78.9 Å². The molecule has 0 aromatic heterocycles. The SMILES string of the molecule is COC(=O)[C@@H](Cc1ccc2c(c1)C[NH+](Cc1ccccc1)CO2)NC(=O)OCc1ccccc1. The average molecular weight is 462 g/mol. The van der Waals surface area contributed by atoms with Gasteiger partial charge >= 0.3 is 12.1 Å². The van der Waals surface area contributed by atoms with Crippen LogP contribution in [0, 0.1) is 0 Å². The van der Waals surface area contributed by atoms with E-state index in [0.29, 0.717) is 6.73 Å². The number of methoxy groups -OCH3 is 1. The minimum atomic E-state index is -0.858. The van der Waals surface area contributed by atoms with E-state index in [0.717, 1.165) is 35.5 Å². The number of benzene rings is 3. The van der Waals surface area contributed by atoms with Crippen molar-refractivity contribution in [2.75, 3.05) is 13.8 Å². The van der Waals surface area contributed by atoms with Crippen molar-refractivity contribution in [3.05, 3.63) is 101 Å². The third-order valence-electron chi connectivity index (χ3n) is 5.72. The highest BCUT2D eigenvalue weighted by Crippen LogP contribution is 2.22. The van der Waals surface area contributed by atoms with Crippen LogP contribution in [0.2, 0.25) is 0 Å². The number of nitrogens with one attached hydrogen (secondary N) is 2. The molecule has 176 valence electrons. The quantitative estimate of drug-likeness (QED) is 0.505. The van der Waals surface area contributed by atoms with E-state index in [1.165, 1.54) is 17.6 Å². The van der Waals surface area contributed by atoms with Crippen molar-refractivity contribution in [3.8, 4) is 5.75 Å². The maximum Gasteiger partial charge on any atom is 0.408 e. The Labute approximate surface area is 199 Å². The smallest absolute Gasteiger partial charge is 0.408 e. The lowest BCUT2D eigenvalue weighted by molar-refractivity contribution is -0.945. The number of carbonyl (C=O) groups excluding carboxylic acids is 2. The first-order chi connectivity index (χ1) is 16.6. The number of rotatable bonds is 8. The standard InChI is InChI=1S/C27H28N2O5/c1-32-26(30)24(28-27(31)33-18-21-10-6-3-7-11-21)15-22-12-13-25-23(14-22)17-29(19-34-25)16-20-8-4-2-5-9-20/h2-14,24H,15-19H2,1H3,(H,28,31)/p+1/t24-/m1/s1. The number of fused-ring (bicyclic) bond motifs is 1. The maximum atomic E-state index is 12.3. The van der Waals surface area contributed by atoms with Gasteiger partial charge in [0.15, 0.2) is 0 Å². The topological polar surface area (TPSA) is 78.3 Å². The van der Waals surface area contributed by atoms with Gasteiger partial charge in [-0.2, -0.15) is 0 Å². The van der Waals surface area contributed by atoms with E-state index in [1.54, 1.807) is 0 Å². The number of ether oxygens (including phenoxy) is 3. The summed E-state index contributed by atoms with van der Waals surface area (Å²) in [5, 5.41) is 2.64. The number of amides is 1. The van der Waals surface area contributed by atoms with Crippen molar-refractivity contribution >= 4 is 12.1 Å². The minimum absolute atomic E-state index is 0.122. The number of hydrogen-bond donors (Lipinski definition) is 2. The van der Waals surface area contributed by atoms with Gasteiger partial charge in [0.2, 0.25) is 6.73 Å². The zero-order chi connectivity index (χ0) is 23.8. The molecule has 1 heterocycles. The molecule has 0 radical (unpaired) electrons. The van der Waals surface area contributed by atoms with Crippen molar-refractivity contribution in [2.45, 2.75) is 32.2 Å². The fraction of sp³-hybridized carbons (Fsp3) is 0.259. The zero-order valence-electron chi connectivity index (χ0n) is 19.2. The van der Waals surface area contributed by atoms with E-state index in [4.69, 9.17) is 14.2 Å². The molecular formula is C27H29N2O5+. The summed E-state index contributed by atoms with van der Waals surface area (Å²) in [6, 6.07) is 24.7. The lowest BCUT2D eigenvalue weighted by atomic mass is 10.0. The summed E-state index contributed by atoms with van der Waals surface area (Å²) in [5.41, 5.74) is 4.10. The van der Waals surface area contributed by atoms with Gasteiger partial charge in [0.05, 0.1) is 7.11 Å². The predicted octanol–water partition coefficient (Wildman–Crippen LogP) is 2.63. The Hall–Kier alpha value is -3.84. The van der Waals surface area contributed by atoms with Crippen LogP contribution in [-0.2, 0) is 40.4 Å². The van der Waals surface area contributed by atoms with E-state index < -0.39 is 18.1 Å². The van der Waals surface area contributed by atoms with Gasteiger partial charge in [-0.3, -0.25) is 4.90 Å². The van der Waals surface area contributed by atoms with Crippen LogP contribution in [-0.4, -0.2) is 31.9 Å². The Morgan fingerprint density at radius 3 is 2.38 bits per heavy atom. The van der Waals surface area contributed by atoms with Crippen LogP contribution in [0.1, 0.15) is 22.3 Å². The summed E-state index contributed by atoms with van der Waals surface area (Å²) in [5.74, 6) is 0.326. The largest absolute Gasteiger partial charge is 0.467 e. The summed E-state index contributed by atoms with van der Waals surface area (Å²) in [6.07, 6.45) is -0.381. The van der Waals surface area contributed by atoms with Crippen LogP contribution < -0.4 is 15.0 Å². The Morgan fingerprint density at radius 1 is 0.971 bits per heavy atom. The molecular weight excluding hydrogens is 432 g/mol. The van der Waals surface area contributed by atoms with E-state index >= 15 is 0 Å². The Balaban J connectivity index is 1.38. The number of alkyl carbamates (subject to hydrolysis) is 1. The monoisotopic (exact) mass is 461 g/mol. The number of hydrogen-bond acceptors (Lipinski definition) is 5. The molecule has 7 nitrogen and oxygen atoms in total. The highest BCUT2D eigenvalue weighted by Gasteiger charge is 2.25. The summed E-state index contributed by atoms with van der Waals surface area (Å²) < 4.78 is 16.1. The molecule has 3 aromatic carbocycles. The second-order valence-electron chi connectivity index (χ2n) is 8.31. The molecule has 1 amide bonds. The molecule has 2 atom stereocenters. The van der Waals surface area contributed by atoms with Gasteiger partial charge in [0, 0.05) is 17.5 Å². The van der Waals surface area contributed by atoms with Gasteiger partial charge in [-0.05, 0) is 23.3 Å². The highest BCUT2D eigenvalue weighted by atomic mass is 16.6. The van der Waals surface area contributed by atoms with E-state index in [9.17, 15) is 9.59 Å². The molecule has 1 unspecified atom stereocenters. The number of carbonyl (C=O) groups is 2. The molecule has 0 fully saturated rings. The van der Waals surface area contributed by atoms with Crippen LogP contribution in [0.5, 0.6) is 5.75 Å². The van der Waals surface area contributed by atoms with E-state index in [-0.39, 0.29) is 13.0 Å². The first kappa shape index (κ1) is 23.3. The number of esters is 1. The number of quaternary nitrogens is 1. The second-order valence-corrected chi connectivity index (χ2v) is 8.31. The Bertz CT molecular complexity index is 1100. The molecule has 34 heavy (non-hydrogen) atoms. The summed E-state index contributed by atoms with van der Waals surface area (Å²) in [7, 11) is 1.30. The molecule has 0 bridgehead atoms. The van der Waals surface area contributed by atoms with Gasteiger partial charge < -0.3 is 19.5 Å². The minimum Gasteiger partial charge on any atom is -0.467 e. The van der Waals surface area contributed by atoms with Crippen molar-refractivity contribution in [1.29, 1.82) is 0 Å². The van der Waals surface area contributed by atoms with Crippen LogP contribution in [0.3, 0.4) is 0 Å². The Morgan fingerprint density at radius 2 is 1.68 bits per heavy atom. The van der Waals surface area contributed by atoms with Crippen molar-refractivity contribution in [1.82, 2.24) is 5.32 Å². The van der Waals surface area contributed by atoms with Crippen LogP contribution in [0.4, 0.5) is 4.79 Å². The zero-order valence-corrected chi connectivity index (χ0v) is 19.2. The first-order valence-corrected chi connectivity index (χ1v) is 11.3. The van der Waals surface area contributed by atoms with Crippen molar-refractivity contribution in [3.63, 3.8) is 0 Å². The van der Waals surface area contributed by atoms with Gasteiger partial charge in [0.1, 0.15) is 31.5 Å². The van der Waals surface area contributed by atoms with Gasteiger partial charge in [0.25, 0.3) is 0 Å². The van der Waals surface area contributed by atoms with E-state index in [2.05, 4.69) is 17.4 Å². The normalized spacial score (nSPS) is 15.4. The molecule has 1 aliphatic heterocycles. The molecule has 1 aliphatic rings. The van der Waals surface area contributed by atoms with Gasteiger partial charge in [-0.25, -0.2) is 9.59 Å². The first-order valence-electron chi connectivity index (χ1n) is 11.3.